The van der Waals surface area contributed by atoms with Crippen molar-refractivity contribution in [3.8, 4) is 5.75 Å². The van der Waals surface area contributed by atoms with Gasteiger partial charge in [-0.3, -0.25) is 4.79 Å². The lowest BCUT2D eigenvalue weighted by atomic mass is 10.1. The number of halogens is 2. The molecular formula is C17H17F2NO2. The maximum absolute atomic E-state index is 13.1. The first-order chi connectivity index (χ1) is 10.6. The van der Waals surface area contributed by atoms with Crippen LogP contribution in [0.4, 0.5) is 8.78 Å². The number of benzene rings is 2. The quantitative estimate of drug-likeness (QED) is 0.890. The SMILES string of the molecule is COc1ccccc1CCC(=O)NCc1ccc(F)c(F)c1. The van der Waals surface area contributed by atoms with Crippen molar-refractivity contribution >= 4 is 5.91 Å². The van der Waals surface area contributed by atoms with E-state index in [0.717, 1.165) is 23.4 Å². The van der Waals surface area contributed by atoms with Gasteiger partial charge < -0.3 is 10.1 Å². The fraction of sp³-hybridized carbons (Fsp3) is 0.235. The molecule has 0 saturated heterocycles. The van der Waals surface area contributed by atoms with E-state index >= 15 is 0 Å². The average Bonchev–Trinajstić information content (AvgIpc) is 2.54. The Morgan fingerprint density at radius 2 is 1.91 bits per heavy atom. The zero-order valence-electron chi connectivity index (χ0n) is 12.2. The smallest absolute Gasteiger partial charge is 0.220 e. The summed E-state index contributed by atoms with van der Waals surface area (Å²) in [5.74, 6) is -1.22. The molecule has 22 heavy (non-hydrogen) atoms. The van der Waals surface area contributed by atoms with E-state index in [0.29, 0.717) is 18.4 Å². The maximum atomic E-state index is 13.1. The Bertz CT molecular complexity index is 659. The standard InChI is InChI=1S/C17H17F2NO2/c1-22-16-5-3-2-4-13(16)7-9-17(21)20-11-12-6-8-14(18)15(19)10-12/h2-6,8,10H,7,9,11H2,1H3,(H,20,21). The summed E-state index contributed by atoms with van der Waals surface area (Å²) in [7, 11) is 1.59. The van der Waals surface area contributed by atoms with Crippen molar-refractivity contribution in [2.24, 2.45) is 0 Å². The van der Waals surface area contributed by atoms with Gasteiger partial charge in [0.05, 0.1) is 7.11 Å². The second kappa shape index (κ2) is 7.54. The van der Waals surface area contributed by atoms with Gasteiger partial charge in [0.25, 0.3) is 0 Å². The second-order valence-electron chi connectivity index (χ2n) is 4.84. The van der Waals surface area contributed by atoms with Crippen LogP contribution in [0.3, 0.4) is 0 Å². The van der Waals surface area contributed by atoms with E-state index in [1.165, 1.54) is 6.07 Å². The summed E-state index contributed by atoms with van der Waals surface area (Å²) in [6.07, 6.45) is 0.845. The van der Waals surface area contributed by atoms with Crippen molar-refractivity contribution in [3.63, 3.8) is 0 Å². The molecule has 0 saturated carbocycles. The predicted octanol–water partition coefficient (Wildman–Crippen LogP) is 3.22. The van der Waals surface area contributed by atoms with Crippen LogP contribution in [-0.4, -0.2) is 13.0 Å². The number of rotatable bonds is 6. The van der Waals surface area contributed by atoms with Gasteiger partial charge in [0.1, 0.15) is 5.75 Å². The first kappa shape index (κ1) is 15.9. The number of hydrogen-bond acceptors (Lipinski definition) is 2. The van der Waals surface area contributed by atoms with Crippen LogP contribution in [0, 0.1) is 11.6 Å². The van der Waals surface area contributed by atoms with Crippen LogP contribution < -0.4 is 10.1 Å². The van der Waals surface area contributed by atoms with Crippen LogP contribution >= 0.6 is 0 Å². The van der Waals surface area contributed by atoms with Crippen molar-refractivity contribution in [1.82, 2.24) is 5.32 Å². The van der Waals surface area contributed by atoms with Gasteiger partial charge in [-0.1, -0.05) is 24.3 Å². The zero-order chi connectivity index (χ0) is 15.9. The number of carbonyl (C=O) groups excluding carboxylic acids is 1. The van der Waals surface area contributed by atoms with Crippen molar-refractivity contribution < 1.29 is 18.3 Å². The van der Waals surface area contributed by atoms with Crippen LogP contribution in [-0.2, 0) is 17.8 Å². The number of hydrogen-bond donors (Lipinski definition) is 1. The third kappa shape index (κ3) is 4.28. The third-order valence-corrected chi connectivity index (χ3v) is 3.29. The molecule has 2 aromatic rings. The average molecular weight is 305 g/mol. The number of methoxy groups -OCH3 is 1. The Morgan fingerprint density at radius 3 is 2.64 bits per heavy atom. The molecule has 116 valence electrons. The highest BCUT2D eigenvalue weighted by atomic mass is 19.2. The number of ether oxygens (including phenoxy) is 1. The second-order valence-corrected chi connectivity index (χ2v) is 4.84. The van der Waals surface area contributed by atoms with E-state index in [1.54, 1.807) is 7.11 Å². The molecule has 0 fully saturated rings. The Hall–Kier alpha value is -2.43. The summed E-state index contributed by atoms with van der Waals surface area (Å²) in [5.41, 5.74) is 1.47. The fourth-order valence-corrected chi connectivity index (χ4v) is 2.10. The molecule has 0 unspecified atom stereocenters. The van der Waals surface area contributed by atoms with E-state index in [4.69, 9.17) is 4.74 Å². The van der Waals surface area contributed by atoms with Crippen molar-refractivity contribution in [3.05, 3.63) is 65.2 Å². The summed E-state index contributed by atoms with van der Waals surface area (Å²) in [4.78, 5) is 11.8. The fourth-order valence-electron chi connectivity index (χ4n) is 2.10. The summed E-state index contributed by atoms with van der Waals surface area (Å²) in [6, 6.07) is 11.1. The minimum Gasteiger partial charge on any atom is -0.496 e. The van der Waals surface area contributed by atoms with E-state index in [9.17, 15) is 13.6 Å². The molecular weight excluding hydrogens is 288 g/mol. The summed E-state index contributed by atoms with van der Waals surface area (Å²) in [5, 5.41) is 2.68. The number of carbonyl (C=O) groups is 1. The van der Waals surface area contributed by atoms with Crippen LogP contribution in [0.1, 0.15) is 17.5 Å². The van der Waals surface area contributed by atoms with Gasteiger partial charge in [0.2, 0.25) is 5.91 Å². The molecule has 2 aromatic carbocycles. The van der Waals surface area contributed by atoms with Gasteiger partial charge in [-0.25, -0.2) is 8.78 Å². The minimum absolute atomic E-state index is 0.157. The van der Waals surface area contributed by atoms with Crippen molar-refractivity contribution in [1.29, 1.82) is 0 Å². The van der Waals surface area contributed by atoms with Gasteiger partial charge in [0, 0.05) is 13.0 Å². The molecule has 0 radical (unpaired) electrons. The molecule has 0 aromatic heterocycles. The highest BCUT2D eigenvalue weighted by molar-refractivity contribution is 5.76. The molecule has 0 aliphatic carbocycles. The summed E-state index contributed by atoms with van der Waals surface area (Å²) in [6.45, 7) is 0.169. The van der Waals surface area contributed by atoms with E-state index < -0.39 is 11.6 Å². The van der Waals surface area contributed by atoms with Crippen LogP contribution in [0.5, 0.6) is 5.75 Å². The van der Waals surface area contributed by atoms with Gasteiger partial charge in [-0.15, -0.1) is 0 Å². The van der Waals surface area contributed by atoms with Crippen molar-refractivity contribution in [2.45, 2.75) is 19.4 Å². The zero-order valence-corrected chi connectivity index (χ0v) is 12.2. The lowest BCUT2D eigenvalue weighted by Gasteiger charge is -2.09. The van der Waals surface area contributed by atoms with Crippen LogP contribution in [0.25, 0.3) is 0 Å². The summed E-state index contributed by atoms with van der Waals surface area (Å²) >= 11 is 0. The third-order valence-electron chi connectivity index (χ3n) is 3.29. The maximum Gasteiger partial charge on any atom is 0.220 e. The number of para-hydroxylation sites is 1. The number of nitrogens with one attached hydrogen (secondary N) is 1. The van der Waals surface area contributed by atoms with E-state index in [1.807, 2.05) is 24.3 Å². The molecule has 0 aliphatic rings. The first-order valence-electron chi connectivity index (χ1n) is 6.92. The molecule has 0 atom stereocenters. The topological polar surface area (TPSA) is 38.3 Å². The summed E-state index contributed by atoms with van der Waals surface area (Å²) < 4.78 is 31.1. The van der Waals surface area contributed by atoms with E-state index in [2.05, 4.69) is 5.32 Å². The highest BCUT2D eigenvalue weighted by Gasteiger charge is 2.07. The lowest BCUT2D eigenvalue weighted by Crippen LogP contribution is -2.23. The van der Waals surface area contributed by atoms with Gasteiger partial charge in [0.15, 0.2) is 11.6 Å². The molecule has 0 aliphatic heterocycles. The predicted molar refractivity (Wildman–Crippen MR) is 79.5 cm³/mol. The monoisotopic (exact) mass is 305 g/mol. The molecule has 0 spiro atoms. The molecule has 0 heterocycles. The van der Waals surface area contributed by atoms with Gasteiger partial charge >= 0.3 is 0 Å². The van der Waals surface area contributed by atoms with Gasteiger partial charge in [-0.05, 0) is 35.7 Å². The molecule has 0 bridgehead atoms. The largest absolute Gasteiger partial charge is 0.496 e. The normalized spacial score (nSPS) is 10.3. The highest BCUT2D eigenvalue weighted by Crippen LogP contribution is 2.18. The number of aryl methyl sites for hydroxylation is 1. The van der Waals surface area contributed by atoms with Gasteiger partial charge in [-0.2, -0.15) is 0 Å². The Kier molecular flexibility index (Phi) is 5.47. The van der Waals surface area contributed by atoms with Crippen LogP contribution in [0.15, 0.2) is 42.5 Å². The Balaban J connectivity index is 1.84. The van der Waals surface area contributed by atoms with Crippen molar-refractivity contribution in [2.75, 3.05) is 7.11 Å². The number of amides is 1. The molecule has 3 nitrogen and oxygen atoms in total. The first-order valence-corrected chi connectivity index (χ1v) is 6.92. The van der Waals surface area contributed by atoms with Crippen LogP contribution in [0.2, 0.25) is 0 Å². The van der Waals surface area contributed by atoms with E-state index in [-0.39, 0.29) is 12.5 Å². The Labute approximate surface area is 127 Å². The molecule has 1 amide bonds. The molecule has 1 N–H and O–H groups in total. The Morgan fingerprint density at radius 1 is 1.14 bits per heavy atom. The molecule has 2 rings (SSSR count). The molecule has 5 heteroatoms. The lowest BCUT2D eigenvalue weighted by molar-refractivity contribution is -0.121. The minimum atomic E-state index is -0.916.